The molecule has 0 spiro atoms. The largest absolute Gasteiger partial charge is 0.386 e. The standard InChI is InChI=1S/C14H15N5O3/c1-2-8-10(20)11(21)14(22-8)19-6-17-9-12(18-7-3-4-7)15-5-16-13(9)19/h1,5-8,10-11,14,20-21H,3-4H2,(H,15,16,18)/t8-,10-,11-,14?/m1/s1. The van der Waals surface area contributed by atoms with Crippen LogP contribution in [0.1, 0.15) is 19.1 Å². The number of aromatic nitrogens is 4. The van der Waals surface area contributed by atoms with E-state index in [0.29, 0.717) is 23.0 Å². The fourth-order valence-electron chi connectivity index (χ4n) is 2.59. The molecule has 4 atom stereocenters. The molecule has 0 amide bonds. The van der Waals surface area contributed by atoms with Crippen LogP contribution in [0, 0.1) is 12.3 Å². The molecule has 2 fully saturated rings. The number of imidazole rings is 1. The first-order valence-electron chi connectivity index (χ1n) is 7.11. The predicted octanol–water partition coefficient (Wildman–Crippen LogP) is -0.347. The lowest BCUT2D eigenvalue weighted by Crippen LogP contribution is -2.30. The normalized spacial score (nSPS) is 31.3. The third-order valence-corrected chi connectivity index (χ3v) is 3.95. The van der Waals surface area contributed by atoms with Crippen LogP contribution in [0.3, 0.4) is 0 Å². The molecular formula is C14H15N5O3. The lowest BCUT2D eigenvalue weighted by Gasteiger charge is -2.16. The molecule has 0 bridgehead atoms. The second-order valence-corrected chi connectivity index (χ2v) is 5.56. The van der Waals surface area contributed by atoms with Gasteiger partial charge >= 0.3 is 0 Å². The second-order valence-electron chi connectivity index (χ2n) is 5.56. The fourth-order valence-corrected chi connectivity index (χ4v) is 2.59. The number of hydrogen-bond acceptors (Lipinski definition) is 7. The quantitative estimate of drug-likeness (QED) is 0.666. The number of rotatable bonds is 3. The van der Waals surface area contributed by atoms with Crippen molar-refractivity contribution < 1.29 is 14.9 Å². The van der Waals surface area contributed by atoms with Gasteiger partial charge in [0.2, 0.25) is 0 Å². The molecule has 4 rings (SSSR count). The van der Waals surface area contributed by atoms with E-state index in [-0.39, 0.29) is 0 Å². The first kappa shape index (κ1) is 13.5. The van der Waals surface area contributed by atoms with Crippen LogP contribution in [0.25, 0.3) is 11.2 Å². The van der Waals surface area contributed by atoms with Gasteiger partial charge in [0.05, 0.1) is 6.33 Å². The van der Waals surface area contributed by atoms with E-state index in [4.69, 9.17) is 11.2 Å². The molecule has 8 heteroatoms. The van der Waals surface area contributed by atoms with Gasteiger partial charge in [-0.2, -0.15) is 0 Å². The van der Waals surface area contributed by atoms with Crippen LogP contribution in [0.4, 0.5) is 5.82 Å². The van der Waals surface area contributed by atoms with Gasteiger partial charge in [-0.3, -0.25) is 4.57 Å². The zero-order valence-electron chi connectivity index (χ0n) is 11.6. The number of aliphatic hydroxyl groups is 2. The van der Waals surface area contributed by atoms with Crippen LogP contribution in [-0.2, 0) is 4.74 Å². The number of nitrogens with zero attached hydrogens (tertiary/aromatic N) is 4. The highest BCUT2D eigenvalue weighted by molar-refractivity contribution is 5.83. The van der Waals surface area contributed by atoms with Gasteiger partial charge in [0, 0.05) is 6.04 Å². The number of anilines is 1. The van der Waals surface area contributed by atoms with Crippen molar-refractivity contribution in [1.29, 1.82) is 0 Å². The Balaban J connectivity index is 1.72. The SMILES string of the molecule is C#C[C@H]1OC(n2cnc3c(NC4CC4)ncnc32)[C@H](O)[C@@H]1O. The van der Waals surface area contributed by atoms with Gasteiger partial charge in [-0.15, -0.1) is 6.42 Å². The van der Waals surface area contributed by atoms with Crippen molar-refractivity contribution in [2.24, 2.45) is 0 Å². The lowest BCUT2D eigenvalue weighted by molar-refractivity contribution is -0.0230. The molecular weight excluding hydrogens is 286 g/mol. The molecule has 3 N–H and O–H groups in total. The van der Waals surface area contributed by atoms with Crippen LogP contribution >= 0.6 is 0 Å². The molecule has 1 unspecified atom stereocenters. The van der Waals surface area contributed by atoms with E-state index in [2.05, 4.69) is 26.2 Å². The summed E-state index contributed by atoms with van der Waals surface area (Å²) in [6, 6.07) is 0.434. The number of aliphatic hydroxyl groups excluding tert-OH is 2. The Morgan fingerprint density at radius 2 is 2.09 bits per heavy atom. The third kappa shape index (κ3) is 2.02. The summed E-state index contributed by atoms with van der Waals surface area (Å²) < 4.78 is 7.10. The molecule has 3 heterocycles. The molecule has 0 radical (unpaired) electrons. The molecule has 2 aromatic heterocycles. The smallest absolute Gasteiger partial charge is 0.167 e. The molecule has 1 aliphatic carbocycles. The molecule has 1 saturated heterocycles. The van der Waals surface area contributed by atoms with Gasteiger partial charge in [-0.1, -0.05) is 5.92 Å². The minimum atomic E-state index is -1.15. The number of terminal acetylenes is 1. The Labute approximate surface area is 126 Å². The van der Waals surface area contributed by atoms with Crippen LogP contribution in [0.15, 0.2) is 12.7 Å². The summed E-state index contributed by atoms with van der Waals surface area (Å²) in [5, 5.41) is 23.3. The molecule has 1 saturated carbocycles. The van der Waals surface area contributed by atoms with E-state index >= 15 is 0 Å². The predicted molar refractivity (Wildman–Crippen MR) is 76.7 cm³/mol. The monoisotopic (exact) mass is 301 g/mol. The van der Waals surface area contributed by atoms with E-state index < -0.39 is 24.5 Å². The van der Waals surface area contributed by atoms with Gasteiger partial charge in [-0.25, -0.2) is 15.0 Å². The molecule has 2 aromatic rings. The van der Waals surface area contributed by atoms with Gasteiger partial charge < -0.3 is 20.3 Å². The highest BCUT2D eigenvalue weighted by Crippen LogP contribution is 2.32. The van der Waals surface area contributed by atoms with E-state index in [9.17, 15) is 10.2 Å². The van der Waals surface area contributed by atoms with Crippen LogP contribution in [-0.4, -0.2) is 54.1 Å². The summed E-state index contributed by atoms with van der Waals surface area (Å²) in [5.74, 6) is 2.98. The zero-order valence-corrected chi connectivity index (χ0v) is 11.6. The highest BCUT2D eigenvalue weighted by atomic mass is 16.6. The van der Waals surface area contributed by atoms with Crippen molar-refractivity contribution in [3.63, 3.8) is 0 Å². The fraction of sp³-hybridized carbons (Fsp3) is 0.500. The van der Waals surface area contributed by atoms with E-state index in [1.54, 1.807) is 4.57 Å². The summed E-state index contributed by atoms with van der Waals surface area (Å²) in [6.07, 6.45) is 6.50. The minimum Gasteiger partial charge on any atom is -0.386 e. The van der Waals surface area contributed by atoms with E-state index in [1.807, 2.05) is 0 Å². The molecule has 114 valence electrons. The second kappa shape index (κ2) is 4.91. The van der Waals surface area contributed by atoms with Crippen LogP contribution in [0.5, 0.6) is 0 Å². The van der Waals surface area contributed by atoms with Gasteiger partial charge in [-0.05, 0) is 12.8 Å². The van der Waals surface area contributed by atoms with Crippen LogP contribution in [0.2, 0.25) is 0 Å². The van der Waals surface area contributed by atoms with Crippen molar-refractivity contribution in [3.05, 3.63) is 12.7 Å². The Morgan fingerprint density at radius 1 is 1.27 bits per heavy atom. The van der Waals surface area contributed by atoms with Crippen LogP contribution < -0.4 is 5.32 Å². The lowest BCUT2D eigenvalue weighted by atomic mass is 10.1. The van der Waals surface area contributed by atoms with Crippen molar-refractivity contribution in [2.45, 2.75) is 43.4 Å². The number of fused-ring (bicyclic) bond motifs is 1. The summed E-state index contributed by atoms with van der Waals surface area (Å²) in [7, 11) is 0. The summed E-state index contributed by atoms with van der Waals surface area (Å²) in [6.45, 7) is 0. The topological polar surface area (TPSA) is 105 Å². The molecule has 0 aromatic carbocycles. The Hall–Kier alpha value is -2.21. The maximum absolute atomic E-state index is 10.1. The molecule has 22 heavy (non-hydrogen) atoms. The zero-order chi connectivity index (χ0) is 15.3. The summed E-state index contributed by atoms with van der Waals surface area (Å²) in [4.78, 5) is 12.7. The maximum atomic E-state index is 10.1. The van der Waals surface area contributed by atoms with E-state index in [1.165, 1.54) is 12.7 Å². The summed E-state index contributed by atoms with van der Waals surface area (Å²) >= 11 is 0. The first-order valence-corrected chi connectivity index (χ1v) is 7.11. The Bertz CT molecular complexity index is 751. The molecule has 2 aliphatic rings. The highest BCUT2D eigenvalue weighted by Gasteiger charge is 2.43. The maximum Gasteiger partial charge on any atom is 0.167 e. The molecule has 8 nitrogen and oxygen atoms in total. The Kier molecular flexibility index (Phi) is 3.00. The summed E-state index contributed by atoms with van der Waals surface area (Å²) in [5.41, 5.74) is 1.12. The minimum absolute atomic E-state index is 0.434. The van der Waals surface area contributed by atoms with E-state index in [0.717, 1.165) is 12.8 Å². The van der Waals surface area contributed by atoms with Gasteiger partial charge in [0.25, 0.3) is 0 Å². The number of hydrogen-bond donors (Lipinski definition) is 3. The third-order valence-electron chi connectivity index (χ3n) is 3.95. The van der Waals surface area contributed by atoms with Crippen molar-refractivity contribution >= 4 is 17.0 Å². The van der Waals surface area contributed by atoms with Gasteiger partial charge in [0.1, 0.15) is 24.6 Å². The van der Waals surface area contributed by atoms with Crippen molar-refractivity contribution in [2.75, 3.05) is 5.32 Å². The average molecular weight is 301 g/mol. The molecule has 1 aliphatic heterocycles. The van der Waals surface area contributed by atoms with Gasteiger partial charge in [0.15, 0.2) is 23.2 Å². The van der Waals surface area contributed by atoms with Crippen molar-refractivity contribution in [3.8, 4) is 12.3 Å². The van der Waals surface area contributed by atoms with Crippen molar-refractivity contribution in [1.82, 2.24) is 19.5 Å². The number of ether oxygens (including phenoxy) is 1. The average Bonchev–Trinajstić information content (AvgIpc) is 3.16. The first-order chi connectivity index (χ1) is 10.7. The Morgan fingerprint density at radius 3 is 2.77 bits per heavy atom. The number of nitrogens with one attached hydrogen (secondary N) is 1.